The molecule has 1 rings (SSSR count). The molecule has 0 heterocycles. The lowest BCUT2D eigenvalue weighted by atomic mass is 10.1. The Morgan fingerprint density at radius 2 is 1.95 bits per heavy atom. The highest BCUT2D eigenvalue weighted by Gasteiger charge is 2.28. The number of halogens is 1. The van der Waals surface area contributed by atoms with Crippen molar-refractivity contribution < 1.29 is 13.2 Å². The molecule has 0 aliphatic heterocycles. The molecule has 5 nitrogen and oxygen atoms in total. The summed E-state index contributed by atoms with van der Waals surface area (Å²) in [5, 5.41) is 2.61. The van der Waals surface area contributed by atoms with Gasteiger partial charge in [0.05, 0.1) is 11.0 Å². The fraction of sp³-hybridized carbons (Fsp3) is 0.929. The van der Waals surface area contributed by atoms with Crippen LogP contribution < -0.4 is 11.1 Å². The molecule has 1 saturated carbocycles. The van der Waals surface area contributed by atoms with Gasteiger partial charge in [0.15, 0.2) is 9.84 Å². The van der Waals surface area contributed by atoms with Gasteiger partial charge in [-0.1, -0.05) is 32.6 Å². The van der Waals surface area contributed by atoms with E-state index in [2.05, 4.69) is 12.2 Å². The lowest BCUT2D eigenvalue weighted by molar-refractivity contribution is -0.121. The summed E-state index contributed by atoms with van der Waals surface area (Å²) < 4.78 is 24.1. The molecule has 7 heteroatoms. The van der Waals surface area contributed by atoms with E-state index < -0.39 is 9.84 Å². The van der Waals surface area contributed by atoms with Crippen LogP contribution in [0.15, 0.2) is 0 Å². The maximum absolute atomic E-state index is 12.1. The smallest absolute Gasteiger partial charge is 0.221 e. The van der Waals surface area contributed by atoms with E-state index in [-0.39, 0.29) is 41.8 Å². The topological polar surface area (TPSA) is 89.3 Å². The van der Waals surface area contributed by atoms with Crippen molar-refractivity contribution in [1.29, 1.82) is 0 Å². The third kappa shape index (κ3) is 7.47. The van der Waals surface area contributed by atoms with Crippen LogP contribution >= 0.6 is 12.4 Å². The zero-order valence-corrected chi connectivity index (χ0v) is 14.5. The summed E-state index contributed by atoms with van der Waals surface area (Å²) in [4.78, 5) is 11.8. The summed E-state index contributed by atoms with van der Waals surface area (Å²) in [6.45, 7) is 2.49. The van der Waals surface area contributed by atoms with Crippen LogP contribution in [0.2, 0.25) is 0 Å². The second kappa shape index (κ2) is 10.4. The Morgan fingerprint density at radius 1 is 1.33 bits per heavy atom. The summed E-state index contributed by atoms with van der Waals surface area (Å²) in [5.74, 6) is -0.229. The van der Waals surface area contributed by atoms with Crippen LogP contribution in [0, 0.1) is 0 Å². The first-order chi connectivity index (χ1) is 9.49. The predicted octanol–water partition coefficient (Wildman–Crippen LogP) is 1.79. The molecule has 1 aliphatic rings. The normalized spacial score (nSPS) is 17.2. The number of hydrogen-bond donors (Lipinski definition) is 2. The molecule has 1 unspecified atom stereocenters. The number of carbonyl (C=O) groups excluding carboxylic acids is 1. The SMILES string of the molecule is CCCCC(CN)NC(=O)CCS(=O)(=O)C1CCCC1.Cl. The van der Waals surface area contributed by atoms with Crippen LogP contribution in [0.4, 0.5) is 0 Å². The number of unbranched alkanes of at least 4 members (excludes halogenated alkanes) is 1. The van der Waals surface area contributed by atoms with Crippen molar-refractivity contribution in [3.05, 3.63) is 0 Å². The largest absolute Gasteiger partial charge is 0.352 e. The van der Waals surface area contributed by atoms with E-state index in [0.29, 0.717) is 6.54 Å². The molecule has 0 aromatic heterocycles. The number of carbonyl (C=O) groups is 1. The molecule has 1 atom stereocenters. The van der Waals surface area contributed by atoms with Crippen LogP contribution in [-0.4, -0.2) is 37.9 Å². The molecule has 0 spiro atoms. The van der Waals surface area contributed by atoms with E-state index in [4.69, 9.17) is 5.73 Å². The van der Waals surface area contributed by atoms with Gasteiger partial charge in [0.1, 0.15) is 0 Å². The number of nitrogens with one attached hydrogen (secondary N) is 1. The molecule has 0 aromatic carbocycles. The van der Waals surface area contributed by atoms with Gasteiger partial charge >= 0.3 is 0 Å². The summed E-state index contributed by atoms with van der Waals surface area (Å²) in [5.41, 5.74) is 5.61. The van der Waals surface area contributed by atoms with Gasteiger partial charge in [0.25, 0.3) is 0 Å². The van der Waals surface area contributed by atoms with Crippen LogP contribution in [0.3, 0.4) is 0 Å². The van der Waals surface area contributed by atoms with E-state index in [1.807, 2.05) is 0 Å². The lowest BCUT2D eigenvalue weighted by Crippen LogP contribution is -2.41. The number of rotatable bonds is 9. The van der Waals surface area contributed by atoms with Gasteiger partial charge in [0.2, 0.25) is 5.91 Å². The Hall–Kier alpha value is -0.330. The van der Waals surface area contributed by atoms with Crippen molar-refractivity contribution in [3.8, 4) is 0 Å². The zero-order chi connectivity index (χ0) is 15.0. The molecule has 1 aliphatic carbocycles. The van der Waals surface area contributed by atoms with Crippen molar-refractivity contribution in [2.24, 2.45) is 5.73 Å². The molecule has 3 N–H and O–H groups in total. The zero-order valence-electron chi connectivity index (χ0n) is 12.8. The van der Waals surface area contributed by atoms with Gasteiger partial charge in [-0.05, 0) is 19.3 Å². The maximum Gasteiger partial charge on any atom is 0.221 e. The fourth-order valence-electron chi connectivity index (χ4n) is 2.65. The average molecular weight is 341 g/mol. The van der Waals surface area contributed by atoms with Gasteiger partial charge in [-0.15, -0.1) is 12.4 Å². The van der Waals surface area contributed by atoms with E-state index in [1.165, 1.54) is 0 Å². The number of nitrogens with two attached hydrogens (primary N) is 1. The minimum absolute atomic E-state index is 0. The second-order valence-electron chi connectivity index (χ2n) is 5.67. The van der Waals surface area contributed by atoms with Crippen LogP contribution in [0.25, 0.3) is 0 Å². The third-order valence-electron chi connectivity index (χ3n) is 3.98. The van der Waals surface area contributed by atoms with Crippen LogP contribution in [0.5, 0.6) is 0 Å². The molecule has 1 amide bonds. The first-order valence-corrected chi connectivity index (χ1v) is 9.42. The monoisotopic (exact) mass is 340 g/mol. The van der Waals surface area contributed by atoms with Gasteiger partial charge in [-0.25, -0.2) is 8.42 Å². The van der Waals surface area contributed by atoms with E-state index >= 15 is 0 Å². The number of amides is 1. The molecule has 21 heavy (non-hydrogen) atoms. The summed E-state index contributed by atoms with van der Waals surface area (Å²) >= 11 is 0. The predicted molar refractivity (Wildman–Crippen MR) is 88.4 cm³/mol. The minimum atomic E-state index is -3.11. The standard InChI is InChI=1S/C14H28N2O3S.ClH/c1-2-3-6-12(11-15)16-14(17)9-10-20(18,19)13-7-4-5-8-13;/h12-13H,2-11,15H2,1H3,(H,16,17);1H. The quantitative estimate of drug-likeness (QED) is 0.669. The van der Waals surface area contributed by atoms with Crippen LogP contribution in [0.1, 0.15) is 58.3 Å². The molecule has 0 bridgehead atoms. The average Bonchev–Trinajstić information content (AvgIpc) is 2.96. The summed E-state index contributed by atoms with van der Waals surface area (Å²) in [7, 11) is -3.11. The first kappa shape index (κ1) is 20.7. The Bertz CT molecular complexity index is 395. The van der Waals surface area contributed by atoms with Crippen LogP contribution in [-0.2, 0) is 14.6 Å². The molecule has 0 saturated heterocycles. The Kier molecular flexibility index (Phi) is 10.2. The Labute approximate surface area is 134 Å². The van der Waals surface area contributed by atoms with Gasteiger partial charge in [-0.2, -0.15) is 0 Å². The van der Waals surface area contributed by atoms with E-state index in [9.17, 15) is 13.2 Å². The highest BCUT2D eigenvalue weighted by atomic mass is 35.5. The summed E-state index contributed by atoms with van der Waals surface area (Å²) in [6.07, 6.45) is 6.48. The van der Waals surface area contributed by atoms with Gasteiger partial charge in [0, 0.05) is 19.0 Å². The van der Waals surface area contributed by atoms with Crippen molar-refractivity contribution >= 4 is 28.2 Å². The maximum atomic E-state index is 12.1. The van der Waals surface area contributed by atoms with E-state index in [0.717, 1.165) is 44.9 Å². The molecular weight excluding hydrogens is 312 g/mol. The lowest BCUT2D eigenvalue weighted by Gasteiger charge is -2.17. The van der Waals surface area contributed by atoms with Crippen molar-refractivity contribution in [2.75, 3.05) is 12.3 Å². The van der Waals surface area contributed by atoms with Crippen molar-refractivity contribution in [3.63, 3.8) is 0 Å². The third-order valence-corrected chi connectivity index (χ3v) is 6.24. The Morgan fingerprint density at radius 3 is 2.48 bits per heavy atom. The molecular formula is C14H29ClN2O3S. The summed E-state index contributed by atoms with van der Waals surface area (Å²) in [6, 6.07) is -0.0309. The molecule has 126 valence electrons. The second-order valence-corrected chi connectivity index (χ2v) is 8.07. The minimum Gasteiger partial charge on any atom is -0.352 e. The Balaban J connectivity index is 0.00000400. The molecule has 0 radical (unpaired) electrons. The highest BCUT2D eigenvalue weighted by Crippen LogP contribution is 2.25. The fourth-order valence-corrected chi connectivity index (χ4v) is 4.50. The molecule has 0 aromatic rings. The van der Waals surface area contributed by atoms with Gasteiger partial charge in [-0.3, -0.25) is 4.79 Å². The molecule has 1 fully saturated rings. The van der Waals surface area contributed by atoms with Crippen molar-refractivity contribution in [2.45, 2.75) is 69.6 Å². The van der Waals surface area contributed by atoms with Gasteiger partial charge < -0.3 is 11.1 Å². The van der Waals surface area contributed by atoms with E-state index in [1.54, 1.807) is 0 Å². The number of sulfone groups is 1. The first-order valence-electron chi connectivity index (χ1n) is 7.70. The highest BCUT2D eigenvalue weighted by molar-refractivity contribution is 7.92. The van der Waals surface area contributed by atoms with Crippen molar-refractivity contribution in [1.82, 2.24) is 5.32 Å². The number of hydrogen-bond acceptors (Lipinski definition) is 4.